The molecule has 1 heterocycles. The monoisotopic (exact) mass is 370 g/mol. The van der Waals surface area contributed by atoms with Crippen molar-refractivity contribution in [1.82, 2.24) is 19.7 Å². The van der Waals surface area contributed by atoms with E-state index in [0.717, 1.165) is 11.3 Å². The molecule has 0 bridgehead atoms. The number of aromatic nitrogens is 3. The first-order valence-electron chi connectivity index (χ1n) is 7.80. The van der Waals surface area contributed by atoms with E-state index in [9.17, 15) is 8.42 Å². The van der Waals surface area contributed by atoms with Crippen molar-refractivity contribution < 1.29 is 8.42 Å². The Labute approximate surface area is 151 Å². The van der Waals surface area contributed by atoms with E-state index < -0.39 is 10.0 Å². The SMILES string of the molecule is CNS(=O)(=O)c1cccc(Nc2ncnc(Nc3ccccc3C)n2)c1. The van der Waals surface area contributed by atoms with Crippen molar-refractivity contribution in [1.29, 1.82) is 0 Å². The van der Waals surface area contributed by atoms with E-state index in [1.54, 1.807) is 12.1 Å². The Hall–Kier alpha value is -3.04. The molecule has 3 aromatic rings. The summed E-state index contributed by atoms with van der Waals surface area (Å²) in [5.74, 6) is 0.686. The molecule has 0 aliphatic carbocycles. The molecule has 0 saturated heterocycles. The third kappa shape index (κ3) is 4.13. The first kappa shape index (κ1) is 17.8. The second-order valence-electron chi connectivity index (χ2n) is 5.43. The van der Waals surface area contributed by atoms with Gasteiger partial charge in [-0.3, -0.25) is 0 Å². The predicted molar refractivity (Wildman–Crippen MR) is 100 cm³/mol. The number of rotatable bonds is 6. The number of nitrogens with zero attached hydrogens (tertiary/aromatic N) is 3. The van der Waals surface area contributed by atoms with E-state index in [4.69, 9.17) is 0 Å². The summed E-state index contributed by atoms with van der Waals surface area (Å²) in [5.41, 5.74) is 2.51. The zero-order chi connectivity index (χ0) is 18.6. The Morgan fingerprint density at radius 1 is 0.923 bits per heavy atom. The summed E-state index contributed by atoms with van der Waals surface area (Å²) in [5, 5.41) is 6.12. The first-order chi connectivity index (χ1) is 12.5. The lowest BCUT2D eigenvalue weighted by molar-refractivity contribution is 0.588. The summed E-state index contributed by atoms with van der Waals surface area (Å²) in [6, 6.07) is 14.2. The number of nitrogens with one attached hydrogen (secondary N) is 3. The summed E-state index contributed by atoms with van der Waals surface area (Å²) in [6.07, 6.45) is 1.38. The maximum Gasteiger partial charge on any atom is 0.240 e. The molecule has 8 nitrogen and oxygen atoms in total. The van der Waals surface area contributed by atoms with E-state index in [-0.39, 0.29) is 4.90 Å². The van der Waals surface area contributed by atoms with Crippen molar-refractivity contribution in [2.75, 3.05) is 17.7 Å². The number of hydrogen-bond acceptors (Lipinski definition) is 7. The van der Waals surface area contributed by atoms with Crippen LogP contribution in [0.15, 0.2) is 59.8 Å². The molecule has 0 unspecified atom stereocenters. The molecule has 1 aromatic heterocycles. The fraction of sp³-hybridized carbons (Fsp3) is 0.118. The molecule has 0 aliphatic rings. The van der Waals surface area contributed by atoms with Gasteiger partial charge in [-0.15, -0.1) is 0 Å². The molecule has 3 rings (SSSR count). The van der Waals surface area contributed by atoms with Crippen LogP contribution < -0.4 is 15.4 Å². The second kappa shape index (κ2) is 7.46. The van der Waals surface area contributed by atoms with Gasteiger partial charge in [-0.05, 0) is 43.8 Å². The van der Waals surface area contributed by atoms with Crippen LogP contribution in [0, 0.1) is 6.92 Å². The van der Waals surface area contributed by atoms with Crippen molar-refractivity contribution >= 4 is 33.3 Å². The number of hydrogen-bond donors (Lipinski definition) is 3. The topological polar surface area (TPSA) is 109 Å². The molecule has 3 N–H and O–H groups in total. The zero-order valence-electron chi connectivity index (χ0n) is 14.3. The Morgan fingerprint density at radius 3 is 2.38 bits per heavy atom. The molecule has 0 atom stereocenters. The number of sulfonamides is 1. The Bertz CT molecular complexity index is 1020. The smallest absolute Gasteiger partial charge is 0.240 e. The van der Waals surface area contributed by atoms with Gasteiger partial charge in [-0.1, -0.05) is 24.3 Å². The minimum absolute atomic E-state index is 0.150. The van der Waals surface area contributed by atoms with Gasteiger partial charge in [0.1, 0.15) is 6.33 Å². The standard InChI is InChI=1S/C17H18N6O2S/c1-12-6-3-4-9-15(12)22-17-20-11-19-16(23-17)21-13-7-5-8-14(10-13)26(24,25)18-2/h3-11,18H,1-2H3,(H2,19,20,21,22,23). The summed E-state index contributed by atoms with van der Waals surface area (Å²) in [7, 11) is -2.16. The maximum absolute atomic E-state index is 11.9. The molecule has 0 fully saturated rings. The van der Waals surface area contributed by atoms with Gasteiger partial charge in [0, 0.05) is 11.4 Å². The van der Waals surface area contributed by atoms with Crippen LogP contribution in [-0.2, 0) is 10.0 Å². The molecular formula is C17H18N6O2S. The zero-order valence-corrected chi connectivity index (χ0v) is 15.1. The van der Waals surface area contributed by atoms with E-state index in [0.29, 0.717) is 17.6 Å². The molecule has 0 spiro atoms. The third-order valence-electron chi connectivity index (χ3n) is 3.63. The van der Waals surface area contributed by atoms with Crippen molar-refractivity contribution in [2.45, 2.75) is 11.8 Å². The number of benzene rings is 2. The molecule has 2 aromatic carbocycles. The van der Waals surface area contributed by atoms with Gasteiger partial charge in [0.15, 0.2) is 0 Å². The van der Waals surface area contributed by atoms with Crippen molar-refractivity contribution in [3.8, 4) is 0 Å². The van der Waals surface area contributed by atoms with Gasteiger partial charge in [0.2, 0.25) is 21.9 Å². The highest BCUT2D eigenvalue weighted by atomic mass is 32.2. The van der Waals surface area contributed by atoms with Crippen LogP contribution >= 0.6 is 0 Å². The lowest BCUT2D eigenvalue weighted by atomic mass is 10.2. The average Bonchev–Trinajstić information content (AvgIpc) is 2.64. The molecule has 26 heavy (non-hydrogen) atoms. The molecule has 9 heteroatoms. The maximum atomic E-state index is 11.9. The van der Waals surface area contributed by atoms with E-state index in [1.807, 2.05) is 31.2 Å². The van der Waals surface area contributed by atoms with E-state index in [1.165, 1.54) is 25.5 Å². The Morgan fingerprint density at radius 2 is 1.65 bits per heavy atom. The van der Waals surface area contributed by atoms with Gasteiger partial charge in [0.05, 0.1) is 4.90 Å². The Balaban J connectivity index is 1.81. The van der Waals surface area contributed by atoms with Crippen LogP contribution in [0.1, 0.15) is 5.56 Å². The highest BCUT2D eigenvalue weighted by molar-refractivity contribution is 7.89. The lowest BCUT2D eigenvalue weighted by Crippen LogP contribution is -2.18. The van der Waals surface area contributed by atoms with Crippen LogP contribution in [0.25, 0.3) is 0 Å². The van der Waals surface area contributed by atoms with Gasteiger partial charge >= 0.3 is 0 Å². The van der Waals surface area contributed by atoms with Crippen molar-refractivity contribution in [2.24, 2.45) is 0 Å². The van der Waals surface area contributed by atoms with E-state index >= 15 is 0 Å². The minimum Gasteiger partial charge on any atom is -0.324 e. The highest BCUT2D eigenvalue weighted by Crippen LogP contribution is 2.20. The third-order valence-corrected chi connectivity index (χ3v) is 5.04. The molecule has 0 saturated carbocycles. The van der Waals surface area contributed by atoms with Crippen LogP contribution in [-0.4, -0.2) is 30.4 Å². The number of aryl methyl sites for hydroxylation is 1. The fourth-order valence-corrected chi connectivity index (χ4v) is 3.01. The first-order valence-corrected chi connectivity index (χ1v) is 9.28. The number of para-hydroxylation sites is 1. The normalized spacial score (nSPS) is 11.2. The lowest BCUT2D eigenvalue weighted by Gasteiger charge is -2.10. The van der Waals surface area contributed by atoms with Crippen LogP contribution in [0.3, 0.4) is 0 Å². The average molecular weight is 370 g/mol. The van der Waals surface area contributed by atoms with Gasteiger partial charge in [-0.25, -0.2) is 23.1 Å². The van der Waals surface area contributed by atoms with Crippen LogP contribution in [0.4, 0.5) is 23.3 Å². The largest absolute Gasteiger partial charge is 0.324 e. The number of anilines is 4. The second-order valence-corrected chi connectivity index (χ2v) is 7.32. The highest BCUT2D eigenvalue weighted by Gasteiger charge is 2.12. The van der Waals surface area contributed by atoms with Gasteiger partial charge in [-0.2, -0.15) is 4.98 Å². The van der Waals surface area contributed by atoms with Gasteiger partial charge in [0.25, 0.3) is 0 Å². The molecule has 134 valence electrons. The molecule has 0 amide bonds. The molecule has 0 aliphatic heterocycles. The Kier molecular flexibility index (Phi) is 5.10. The van der Waals surface area contributed by atoms with Gasteiger partial charge < -0.3 is 10.6 Å². The summed E-state index contributed by atoms with van der Waals surface area (Å²) >= 11 is 0. The molecule has 0 radical (unpaired) electrons. The van der Waals surface area contributed by atoms with Crippen molar-refractivity contribution in [3.63, 3.8) is 0 Å². The summed E-state index contributed by atoms with van der Waals surface area (Å²) in [6.45, 7) is 1.98. The predicted octanol–water partition coefficient (Wildman–Crippen LogP) is 2.58. The minimum atomic E-state index is -3.52. The fourth-order valence-electron chi connectivity index (χ4n) is 2.24. The summed E-state index contributed by atoms with van der Waals surface area (Å²) < 4.78 is 26.1. The van der Waals surface area contributed by atoms with Crippen molar-refractivity contribution in [3.05, 3.63) is 60.4 Å². The van der Waals surface area contributed by atoms with Crippen LogP contribution in [0.2, 0.25) is 0 Å². The summed E-state index contributed by atoms with van der Waals surface area (Å²) in [4.78, 5) is 12.6. The molecular weight excluding hydrogens is 352 g/mol. The quantitative estimate of drug-likeness (QED) is 0.612. The van der Waals surface area contributed by atoms with E-state index in [2.05, 4.69) is 30.3 Å². The van der Waals surface area contributed by atoms with Crippen LogP contribution in [0.5, 0.6) is 0 Å².